The van der Waals surface area contributed by atoms with Gasteiger partial charge in [0.25, 0.3) is 0 Å². The average molecular weight is 258 g/mol. The van der Waals surface area contributed by atoms with Crippen molar-refractivity contribution in [3.63, 3.8) is 0 Å². The molecule has 0 aromatic rings. The quantitative estimate of drug-likeness (QED) is 0.678. The maximum absolute atomic E-state index is 9.01. The molecule has 2 fully saturated rings. The Morgan fingerprint density at radius 3 is 1.71 bits per heavy atom. The van der Waals surface area contributed by atoms with Crippen LogP contribution in [0, 0.1) is 11.3 Å². The van der Waals surface area contributed by atoms with Crippen molar-refractivity contribution >= 4 is 11.6 Å². The van der Waals surface area contributed by atoms with Crippen molar-refractivity contribution in [1.29, 1.82) is 5.26 Å². The molecule has 0 aliphatic carbocycles. The number of morpholine rings is 2. The Balaban J connectivity index is 2.15. The monoisotopic (exact) mass is 257 g/mol. The van der Waals surface area contributed by atoms with Crippen molar-refractivity contribution in [1.82, 2.24) is 9.80 Å². The van der Waals surface area contributed by atoms with Crippen LogP contribution >= 0.6 is 11.6 Å². The molecule has 0 N–H and O–H groups in total. The fourth-order valence-corrected chi connectivity index (χ4v) is 2.32. The molecule has 0 aromatic carbocycles. The molecule has 2 rings (SSSR count). The van der Waals surface area contributed by atoms with Gasteiger partial charge >= 0.3 is 0 Å². The topological polar surface area (TPSA) is 48.7 Å². The molecule has 0 spiro atoms. The summed E-state index contributed by atoms with van der Waals surface area (Å²) in [6.45, 7) is 5.87. The SMILES string of the molecule is N#CC(Cl)=C(N1CCOCC1)N1CCOCC1. The van der Waals surface area contributed by atoms with Crippen molar-refractivity contribution in [3.05, 3.63) is 10.9 Å². The molecule has 0 bridgehead atoms. The number of allylic oxidation sites excluding steroid dienone is 1. The predicted molar refractivity (Wildman–Crippen MR) is 63.3 cm³/mol. The van der Waals surface area contributed by atoms with Crippen LogP contribution in [0.1, 0.15) is 0 Å². The number of nitrogens with zero attached hydrogens (tertiary/aromatic N) is 3. The number of hydrogen-bond donors (Lipinski definition) is 0. The van der Waals surface area contributed by atoms with E-state index in [1.54, 1.807) is 0 Å². The third-order valence-electron chi connectivity index (χ3n) is 2.92. The second kappa shape index (κ2) is 6.10. The van der Waals surface area contributed by atoms with E-state index in [0.29, 0.717) is 26.4 Å². The Labute approximate surface area is 106 Å². The van der Waals surface area contributed by atoms with Crippen LogP contribution in [0.5, 0.6) is 0 Å². The standard InChI is InChI=1S/C11H16ClN3O2/c12-10(9-13)11(14-1-5-16-6-2-14)15-3-7-17-8-4-15/h1-8H2. The van der Waals surface area contributed by atoms with Crippen LogP contribution in [-0.2, 0) is 9.47 Å². The van der Waals surface area contributed by atoms with E-state index in [0.717, 1.165) is 32.0 Å². The molecule has 0 radical (unpaired) electrons. The molecule has 0 amide bonds. The highest BCUT2D eigenvalue weighted by Gasteiger charge is 2.24. The highest BCUT2D eigenvalue weighted by atomic mass is 35.5. The summed E-state index contributed by atoms with van der Waals surface area (Å²) in [4.78, 5) is 4.25. The summed E-state index contributed by atoms with van der Waals surface area (Å²) in [7, 11) is 0. The maximum atomic E-state index is 9.01. The van der Waals surface area contributed by atoms with Crippen LogP contribution in [0.3, 0.4) is 0 Å². The summed E-state index contributed by atoms with van der Waals surface area (Å²) < 4.78 is 10.6. The van der Waals surface area contributed by atoms with Gasteiger partial charge in [-0.1, -0.05) is 11.6 Å². The van der Waals surface area contributed by atoms with Crippen LogP contribution in [0.25, 0.3) is 0 Å². The van der Waals surface area contributed by atoms with Gasteiger partial charge in [-0.3, -0.25) is 0 Å². The zero-order chi connectivity index (χ0) is 12.1. The van der Waals surface area contributed by atoms with E-state index in [1.165, 1.54) is 0 Å². The van der Waals surface area contributed by atoms with Crippen LogP contribution in [0.15, 0.2) is 10.9 Å². The van der Waals surface area contributed by atoms with Gasteiger partial charge in [0.05, 0.1) is 26.4 Å². The Morgan fingerprint density at radius 1 is 0.941 bits per heavy atom. The van der Waals surface area contributed by atoms with E-state index in [1.807, 2.05) is 6.07 Å². The summed E-state index contributed by atoms with van der Waals surface area (Å²) in [6, 6.07) is 2.04. The molecule has 0 unspecified atom stereocenters. The van der Waals surface area contributed by atoms with Gasteiger partial charge in [0.2, 0.25) is 0 Å². The van der Waals surface area contributed by atoms with Crippen molar-refractivity contribution in [2.24, 2.45) is 0 Å². The van der Waals surface area contributed by atoms with E-state index in [4.69, 9.17) is 26.3 Å². The van der Waals surface area contributed by atoms with E-state index >= 15 is 0 Å². The zero-order valence-corrected chi connectivity index (χ0v) is 10.4. The first-order valence-corrected chi connectivity index (χ1v) is 6.16. The number of rotatable bonds is 2. The van der Waals surface area contributed by atoms with Gasteiger partial charge in [0.15, 0.2) is 5.03 Å². The fourth-order valence-electron chi connectivity index (χ4n) is 2.08. The molecule has 2 saturated heterocycles. The minimum atomic E-state index is 0.258. The molecule has 0 atom stereocenters. The minimum absolute atomic E-state index is 0.258. The zero-order valence-electron chi connectivity index (χ0n) is 9.69. The van der Waals surface area contributed by atoms with E-state index in [9.17, 15) is 0 Å². The Kier molecular flexibility index (Phi) is 4.49. The van der Waals surface area contributed by atoms with Gasteiger partial charge in [-0.2, -0.15) is 5.26 Å². The van der Waals surface area contributed by atoms with Crippen molar-refractivity contribution in [2.45, 2.75) is 0 Å². The molecule has 5 nitrogen and oxygen atoms in total. The van der Waals surface area contributed by atoms with Gasteiger partial charge in [0, 0.05) is 26.2 Å². The third-order valence-corrected chi connectivity index (χ3v) is 3.17. The molecule has 94 valence electrons. The van der Waals surface area contributed by atoms with Gasteiger partial charge in [0.1, 0.15) is 11.9 Å². The van der Waals surface area contributed by atoms with Crippen LogP contribution in [-0.4, -0.2) is 62.4 Å². The van der Waals surface area contributed by atoms with E-state index in [-0.39, 0.29) is 5.03 Å². The lowest BCUT2D eigenvalue weighted by molar-refractivity contribution is 0.00840. The molecule has 0 aromatic heterocycles. The van der Waals surface area contributed by atoms with Crippen LogP contribution in [0.4, 0.5) is 0 Å². The first-order chi connectivity index (χ1) is 8.33. The molecule has 6 heteroatoms. The fraction of sp³-hybridized carbons (Fsp3) is 0.727. The molecular formula is C11H16ClN3O2. The Bertz CT molecular complexity index is 308. The smallest absolute Gasteiger partial charge is 0.158 e. The molecule has 2 aliphatic rings. The normalized spacial score (nSPS) is 20.9. The molecule has 0 saturated carbocycles. The Hall–Kier alpha value is -0.960. The second-order valence-corrected chi connectivity index (χ2v) is 4.33. The Morgan fingerprint density at radius 2 is 1.35 bits per heavy atom. The van der Waals surface area contributed by atoms with Gasteiger partial charge < -0.3 is 19.3 Å². The lowest BCUT2D eigenvalue weighted by Crippen LogP contribution is -2.46. The van der Waals surface area contributed by atoms with Gasteiger partial charge in [-0.05, 0) is 0 Å². The van der Waals surface area contributed by atoms with E-state index in [2.05, 4.69) is 9.80 Å². The summed E-state index contributed by atoms with van der Waals surface area (Å²) in [6.07, 6.45) is 0. The highest BCUT2D eigenvalue weighted by Crippen LogP contribution is 2.20. The number of hydrogen-bond acceptors (Lipinski definition) is 5. The highest BCUT2D eigenvalue weighted by molar-refractivity contribution is 6.32. The molecule has 2 aliphatic heterocycles. The minimum Gasteiger partial charge on any atom is -0.378 e. The number of nitriles is 1. The van der Waals surface area contributed by atoms with Gasteiger partial charge in [-0.25, -0.2) is 0 Å². The van der Waals surface area contributed by atoms with Crippen molar-refractivity contribution < 1.29 is 9.47 Å². The number of halogens is 1. The molecular weight excluding hydrogens is 242 g/mol. The lowest BCUT2D eigenvalue weighted by atomic mass is 10.3. The van der Waals surface area contributed by atoms with E-state index < -0.39 is 0 Å². The molecule has 2 heterocycles. The van der Waals surface area contributed by atoms with Crippen molar-refractivity contribution in [3.8, 4) is 6.07 Å². The second-order valence-electron chi connectivity index (χ2n) is 3.95. The molecule has 17 heavy (non-hydrogen) atoms. The summed E-state index contributed by atoms with van der Waals surface area (Å²) >= 11 is 6.05. The maximum Gasteiger partial charge on any atom is 0.158 e. The van der Waals surface area contributed by atoms with Crippen molar-refractivity contribution in [2.75, 3.05) is 52.6 Å². The number of ether oxygens (including phenoxy) is 2. The largest absolute Gasteiger partial charge is 0.378 e. The predicted octanol–water partition coefficient (Wildman–Crippen LogP) is 0.582. The summed E-state index contributed by atoms with van der Waals surface area (Å²) in [5.74, 6) is 0.834. The summed E-state index contributed by atoms with van der Waals surface area (Å²) in [5, 5.41) is 9.27. The first-order valence-electron chi connectivity index (χ1n) is 5.78. The summed E-state index contributed by atoms with van der Waals surface area (Å²) in [5.41, 5.74) is 0. The third kappa shape index (κ3) is 3.03. The van der Waals surface area contributed by atoms with Gasteiger partial charge in [-0.15, -0.1) is 0 Å². The average Bonchev–Trinajstić information content (AvgIpc) is 2.41. The lowest BCUT2D eigenvalue weighted by Gasteiger charge is -2.39. The van der Waals surface area contributed by atoms with Crippen LogP contribution in [0.2, 0.25) is 0 Å². The first kappa shape index (κ1) is 12.5. The van der Waals surface area contributed by atoms with Crippen LogP contribution < -0.4 is 0 Å².